The summed E-state index contributed by atoms with van der Waals surface area (Å²) in [4.78, 5) is 57.3. The Morgan fingerprint density at radius 3 is 1.85 bits per heavy atom. The van der Waals surface area contributed by atoms with E-state index in [4.69, 9.17) is 14.5 Å². The summed E-state index contributed by atoms with van der Waals surface area (Å²) in [5.74, 6) is 8.07. The van der Waals surface area contributed by atoms with Gasteiger partial charge in [-0.15, -0.1) is 0 Å². The van der Waals surface area contributed by atoms with Crippen molar-refractivity contribution in [3.63, 3.8) is 0 Å². The minimum atomic E-state index is -0.646. The van der Waals surface area contributed by atoms with Crippen LogP contribution >= 0.6 is 0 Å². The quantitative estimate of drug-likeness (QED) is 0.139. The summed E-state index contributed by atoms with van der Waals surface area (Å²) in [6.07, 6.45) is 7.70. The Morgan fingerprint density at radius 1 is 0.774 bits per heavy atom. The molecule has 4 atom stereocenters. The zero-order valence-corrected chi connectivity index (χ0v) is 30.8. The van der Waals surface area contributed by atoms with E-state index < -0.39 is 18.2 Å². The van der Waals surface area contributed by atoms with E-state index in [9.17, 15) is 14.4 Å². The summed E-state index contributed by atoms with van der Waals surface area (Å²) in [6, 6.07) is 15.5. The number of nitrogens with one attached hydrogen (secondary N) is 4. The van der Waals surface area contributed by atoms with Crippen molar-refractivity contribution >= 4 is 18.1 Å². The van der Waals surface area contributed by atoms with Crippen molar-refractivity contribution in [2.75, 3.05) is 33.9 Å². The second-order valence-electron chi connectivity index (χ2n) is 13.4. The predicted molar refractivity (Wildman–Crippen MR) is 201 cm³/mol. The number of nitrogens with zero attached hydrogens (tertiary/aromatic N) is 4. The van der Waals surface area contributed by atoms with Crippen LogP contribution in [0.15, 0.2) is 60.9 Å². The molecule has 0 radical (unpaired) electrons. The number of hydrogen-bond donors (Lipinski definition) is 4. The lowest BCUT2D eigenvalue weighted by molar-refractivity contribution is -0.134. The summed E-state index contributed by atoms with van der Waals surface area (Å²) in [5, 5.41) is 5.58. The number of ether oxygens (including phenoxy) is 2. The molecule has 53 heavy (non-hydrogen) atoms. The third-order valence-corrected chi connectivity index (χ3v) is 10.1. The molecule has 4 aromatic rings. The number of likely N-dealkylation sites (tertiary alicyclic amines) is 2. The lowest BCUT2D eigenvalue weighted by Gasteiger charge is -2.27. The van der Waals surface area contributed by atoms with Gasteiger partial charge in [0.1, 0.15) is 17.7 Å². The number of aromatic nitrogens is 4. The maximum absolute atomic E-state index is 13.3. The maximum Gasteiger partial charge on any atom is 0.407 e. The number of amides is 3. The second-order valence-corrected chi connectivity index (χ2v) is 13.4. The molecule has 4 unspecified atom stereocenters. The summed E-state index contributed by atoms with van der Waals surface area (Å²) in [7, 11) is 2.67. The number of benzene rings is 2. The Labute approximate surface area is 310 Å². The van der Waals surface area contributed by atoms with Crippen LogP contribution < -0.4 is 10.6 Å². The van der Waals surface area contributed by atoms with Crippen LogP contribution in [0, 0.1) is 11.8 Å². The van der Waals surface area contributed by atoms with E-state index in [1.807, 2.05) is 49.5 Å². The highest BCUT2D eigenvalue weighted by molar-refractivity contribution is 5.86. The van der Waals surface area contributed by atoms with Crippen LogP contribution in [-0.4, -0.2) is 93.8 Å². The first-order chi connectivity index (χ1) is 25.8. The van der Waals surface area contributed by atoms with E-state index in [1.54, 1.807) is 11.1 Å². The van der Waals surface area contributed by atoms with Gasteiger partial charge in [0.25, 0.3) is 0 Å². The molecule has 4 heterocycles. The number of imidazole rings is 2. The molecule has 0 bridgehead atoms. The molecule has 2 aliphatic heterocycles. The monoisotopic (exact) mass is 720 g/mol. The van der Waals surface area contributed by atoms with Crippen molar-refractivity contribution in [2.45, 2.75) is 76.5 Å². The highest BCUT2D eigenvalue weighted by Gasteiger charge is 2.36. The zero-order chi connectivity index (χ0) is 37.3. The molecule has 6 rings (SSSR count). The van der Waals surface area contributed by atoms with Gasteiger partial charge in [0, 0.05) is 30.3 Å². The van der Waals surface area contributed by atoms with Crippen molar-refractivity contribution in [3.05, 3.63) is 83.7 Å². The van der Waals surface area contributed by atoms with Crippen molar-refractivity contribution in [1.82, 2.24) is 40.4 Å². The number of hydrogen-bond acceptors (Lipinski definition) is 8. The average Bonchev–Trinajstić information content (AvgIpc) is 4.03. The molecular formula is C40H48N8O5. The Balaban J connectivity index is 1.06. The van der Waals surface area contributed by atoms with E-state index >= 15 is 0 Å². The number of alkyl carbamates (subject to hydrolysis) is 2. The largest absolute Gasteiger partial charge is 0.453 e. The minimum absolute atomic E-state index is 0.0148. The first-order valence-corrected chi connectivity index (χ1v) is 18.4. The predicted octanol–water partition coefficient (Wildman–Crippen LogP) is 5.94. The Bertz CT molecular complexity index is 1930. The van der Waals surface area contributed by atoms with Crippen molar-refractivity contribution in [2.24, 2.45) is 0 Å². The molecule has 0 spiro atoms. The Hall–Kier alpha value is -5.61. The van der Waals surface area contributed by atoms with Crippen LogP contribution in [-0.2, 0) is 14.3 Å². The van der Waals surface area contributed by atoms with Crippen molar-refractivity contribution in [1.29, 1.82) is 0 Å². The smallest absolute Gasteiger partial charge is 0.407 e. The van der Waals surface area contributed by atoms with Crippen LogP contribution in [0.5, 0.6) is 0 Å². The summed E-state index contributed by atoms with van der Waals surface area (Å²) >= 11 is 0. The fourth-order valence-corrected chi connectivity index (χ4v) is 7.11. The van der Waals surface area contributed by atoms with E-state index in [1.165, 1.54) is 14.2 Å². The topological polar surface area (TPSA) is 158 Å². The molecule has 0 aliphatic carbocycles. The standard InChI is InChI=1S/C40H48N8O5/c1-5-30(43-39(50)52-3)25-47-21-7-9-34(47)36-41-23-32(44-36)28-17-13-26(14-18-28)11-12-27-15-19-29(20-16-27)33-24-42-37(45-33)35-10-8-22-48(35)38(49)31(6-2)46-40(51)53-4/h13-20,23-24,30-31,34-35H,5-10,21-22,25H2,1-4H3,(H,41,44)(H,42,45)(H,43,50)(H,46,51). The van der Waals surface area contributed by atoms with E-state index in [2.05, 4.69) is 61.4 Å². The minimum Gasteiger partial charge on any atom is -0.453 e. The second kappa shape index (κ2) is 17.3. The van der Waals surface area contributed by atoms with Crippen molar-refractivity contribution in [3.8, 4) is 34.4 Å². The normalized spacial score (nSPS) is 18.2. The molecule has 0 saturated carbocycles. The molecule has 13 nitrogen and oxygen atoms in total. The number of rotatable bonds is 11. The number of methoxy groups -OCH3 is 2. The molecule has 4 N–H and O–H groups in total. The van der Waals surface area contributed by atoms with Gasteiger partial charge in [-0.3, -0.25) is 9.69 Å². The molecule has 3 amide bonds. The highest BCUT2D eigenvalue weighted by Crippen LogP contribution is 2.33. The van der Waals surface area contributed by atoms with Gasteiger partial charge in [0.05, 0.1) is 50.1 Å². The number of H-pyrrole nitrogens is 2. The summed E-state index contributed by atoms with van der Waals surface area (Å²) < 4.78 is 9.50. The number of carbonyl (C=O) groups is 3. The van der Waals surface area contributed by atoms with Crippen LogP contribution in [0.3, 0.4) is 0 Å². The highest BCUT2D eigenvalue weighted by atomic mass is 16.5. The molecule has 2 saturated heterocycles. The van der Waals surface area contributed by atoms with Gasteiger partial charge in [-0.05, 0) is 80.5 Å². The van der Waals surface area contributed by atoms with Gasteiger partial charge in [-0.25, -0.2) is 19.6 Å². The fraction of sp³-hybridized carbons (Fsp3) is 0.425. The lowest BCUT2D eigenvalue weighted by atomic mass is 10.1. The zero-order valence-electron chi connectivity index (χ0n) is 30.8. The summed E-state index contributed by atoms with van der Waals surface area (Å²) in [5.41, 5.74) is 5.61. The third kappa shape index (κ3) is 8.89. The van der Waals surface area contributed by atoms with Gasteiger partial charge in [-0.1, -0.05) is 50.0 Å². The molecule has 2 aromatic carbocycles. The Kier molecular flexibility index (Phi) is 12.1. The lowest BCUT2D eigenvalue weighted by Crippen LogP contribution is -2.48. The van der Waals surface area contributed by atoms with Crippen LogP contribution in [0.4, 0.5) is 9.59 Å². The molecule has 2 fully saturated rings. The fourth-order valence-electron chi connectivity index (χ4n) is 7.11. The van der Waals surface area contributed by atoms with E-state index in [0.29, 0.717) is 13.0 Å². The van der Waals surface area contributed by atoms with Gasteiger partial charge < -0.3 is 35.0 Å². The van der Waals surface area contributed by atoms with Gasteiger partial charge in [-0.2, -0.15) is 0 Å². The van der Waals surface area contributed by atoms with Gasteiger partial charge in [0.15, 0.2) is 0 Å². The SMILES string of the molecule is CCC(CN1CCCC1c1ncc(-c2ccc(C#Cc3ccc(-c4cnc(C5CCCN5C(=O)C(CC)NC(=O)OC)[nH]4)cc3)cc2)[nH]1)NC(=O)OC. The van der Waals surface area contributed by atoms with E-state index in [-0.39, 0.29) is 24.0 Å². The van der Waals surface area contributed by atoms with Crippen molar-refractivity contribution < 1.29 is 23.9 Å². The van der Waals surface area contributed by atoms with Gasteiger partial charge in [0.2, 0.25) is 5.91 Å². The van der Waals surface area contributed by atoms with Crippen LogP contribution in [0.2, 0.25) is 0 Å². The van der Waals surface area contributed by atoms with Crippen LogP contribution in [0.1, 0.15) is 87.2 Å². The molecular weight excluding hydrogens is 672 g/mol. The van der Waals surface area contributed by atoms with Crippen LogP contribution in [0.25, 0.3) is 22.5 Å². The van der Waals surface area contributed by atoms with E-state index in [0.717, 1.165) is 90.5 Å². The molecule has 278 valence electrons. The summed E-state index contributed by atoms with van der Waals surface area (Å²) in [6.45, 7) is 6.24. The molecule has 13 heteroatoms. The third-order valence-electron chi connectivity index (χ3n) is 10.1. The number of aromatic amines is 2. The Morgan fingerprint density at radius 2 is 1.30 bits per heavy atom. The molecule has 2 aliphatic rings. The maximum atomic E-state index is 13.3. The first-order valence-electron chi connectivity index (χ1n) is 18.4. The molecule has 2 aromatic heterocycles. The average molecular weight is 721 g/mol. The number of carbonyl (C=O) groups excluding carboxylic acids is 3. The van der Waals surface area contributed by atoms with Gasteiger partial charge >= 0.3 is 12.2 Å². The first kappa shape index (κ1) is 37.2.